The van der Waals surface area contributed by atoms with Gasteiger partial charge in [0, 0.05) is 13.2 Å². The zero-order valence-electron chi connectivity index (χ0n) is 29.2. The van der Waals surface area contributed by atoms with Crippen LogP contribution in [0.1, 0.15) is 40.0 Å². The molecule has 1 rings (SSSR count). The quantitative estimate of drug-likeness (QED) is 0.0987. The average molecular weight is 686 g/mol. The monoisotopic (exact) mass is 685 g/mol. The van der Waals surface area contributed by atoms with Crippen LogP contribution in [0.25, 0.3) is 0 Å². The Labute approximate surface area is 281 Å². The molecule has 1 aliphatic heterocycles. The number of hydrogen-bond donors (Lipinski definition) is 1. The summed E-state index contributed by atoms with van der Waals surface area (Å²) in [6.45, 7) is 17.0. The highest BCUT2D eigenvalue weighted by atomic mass is 16.7. The summed E-state index contributed by atoms with van der Waals surface area (Å²) in [5.41, 5.74) is -0.511. The predicted octanol–water partition coefficient (Wildman–Crippen LogP) is 2.22. The molecule has 0 spiro atoms. The molecule has 1 unspecified atom stereocenters. The zero-order chi connectivity index (χ0) is 33.9. The molecule has 47 heavy (non-hydrogen) atoms. The molecule has 1 fully saturated rings. The lowest BCUT2D eigenvalue weighted by Gasteiger charge is -2.22. The van der Waals surface area contributed by atoms with Crippen molar-refractivity contribution < 1.29 is 66.4 Å². The molecule has 1 amide bonds. The molecule has 0 radical (unpaired) electrons. The Morgan fingerprint density at radius 3 is 1.19 bits per heavy atom. The van der Waals surface area contributed by atoms with E-state index in [0.717, 1.165) is 25.9 Å². The molecule has 0 aromatic rings. The Bertz CT molecular complexity index is 664. The van der Waals surface area contributed by atoms with Crippen LogP contribution in [-0.4, -0.2) is 170 Å². The smallest absolute Gasteiger partial charge is 0.407 e. The molecule has 0 aromatic heterocycles. The van der Waals surface area contributed by atoms with E-state index >= 15 is 0 Å². The SMILES string of the molecule is CC(C)(C)OC(=O)NCCOCCOCCOCCOCCOCCOCCOCCOCCOCCOCCOC1CCCCO1. The number of hydrogen-bond acceptors (Lipinski definition) is 14. The minimum absolute atomic E-state index is 0.0693. The van der Waals surface area contributed by atoms with Gasteiger partial charge in [0.2, 0.25) is 0 Å². The van der Waals surface area contributed by atoms with Crippen LogP contribution in [0.2, 0.25) is 0 Å². The maximum atomic E-state index is 11.5. The van der Waals surface area contributed by atoms with Gasteiger partial charge in [0.05, 0.1) is 139 Å². The second kappa shape index (κ2) is 33.3. The summed E-state index contributed by atoms with van der Waals surface area (Å²) in [5, 5.41) is 2.63. The summed E-state index contributed by atoms with van der Waals surface area (Å²) < 4.78 is 70.9. The molecule has 280 valence electrons. The molecule has 0 saturated carbocycles. The molecule has 15 nitrogen and oxygen atoms in total. The Hall–Kier alpha value is -1.21. The van der Waals surface area contributed by atoms with Crippen molar-refractivity contribution in [1.29, 1.82) is 0 Å². The third-order valence-corrected chi connectivity index (χ3v) is 5.93. The molecule has 1 N–H and O–H groups in total. The first-order valence-corrected chi connectivity index (χ1v) is 16.9. The van der Waals surface area contributed by atoms with Crippen LogP contribution in [0.4, 0.5) is 4.79 Å². The largest absolute Gasteiger partial charge is 0.444 e. The Morgan fingerprint density at radius 2 is 0.872 bits per heavy atom. The van der Waals surface area contributed by atoms with E-state index in [1.165, 1.54) is 0 Å². The van der Waals surface area contributed by atoms with Crippen LogP contribution in [0.3, 0.4) is 0 Å². The summed E-state index contributed by atoms with van der Waals surface area (Å²) >= 11 is 0. The second-order valence-electron chi connectivity index (χ2n) is 11.2. The number of carbonyl (C=O) groups excluding carboxylic acids is 1. The Morgan fingerprint density at radius 1 is 0.532 bits per heavy atom. The molecule has 15 heteroatoms. The number of nitrogens with one attached hydrogen (secondary N) is 1. The van der Waals surface area contributed by atoms with Crippen LogP contribution < -0.4 is 5.32 Å². The predicted molar refractivity (Wildman–Crippen MR) is 172 cm³/mol. The van der Waals surface area contributed by atoms with Crippen LogP contribution in [-0.2, 0) is 61.6 Å². The van der Waals surface area contributed by atoms with E-state index in [1.54, 1.807) is 0 Å². The summed E-state index contributed by atoms with van der Waals surface area (Å²) in [7, 11) is 0. The fraction of sp³-hybridized carbons (Fsp3) is 0.969. The molecule has 0 bridgehead atoms. The van der Waals surface area contributed by atoms with Gasteiger partial charge in [-0.15, -0.1) is 0 Å². The van der Waals surface area contributed by atoms with Crippen molar-refractivity contribution >= 4 is 6.09 Å². The van der Waals surface area contributed by atoms with Gasteiger partial charge in [-0.3, -0.25) is 0 Å². The van der Waals surface area contributed by atoms with E-state index in [4.69, 9.17) is 61.6 Å². The van der Waals surface area contributed by atoms with Crippen molar-refractivity contribution in [1.82, 2.24) is 5.32 Å². The molecule has 0 aromatic carbocycles. The van der Waals surface area contributed by atoms with E-state index in [1.807, 2.05) is 20.8 Å². The minimum atomic E-state index is -0.511. The van der Waals surface area contributed by atoms with Crippen LogP contribution in [0.5, 0.6) is 0 Å². The normalized spacial score (nSPS) is 15.3. The summed E-state index contributed by atoms with van der Waals surface area (Å²) in [5.74, 6) is 0. The first-order valence-electron chi connectivity index (χ1n) is 16.9. The number of carbonyl (C=O) groups is 1. The van der Waals surface area contributed by atoms with Crippen molar-refractivity contribution in [2.24, 2.45) is 0 Å². The molecule has 1 heterocycles. The second-order valence-corrected chi connectivity index (χ2v) is 11.2. The maximum absolute atomic E-state index is 11.5. The van der Waals surface area contributed by atoms with Gasteiger partial charge in [-0.2, -0.15) is 0 Å². The van der Waals surface area contributed by atoms with Gasteiger partial charge >= 0.3 is 6.09 Å². The van der Waals surface area contributed by atoms with Gasteiger partial charge in [-0.05, 0) is 40.0 Å². The molecular weight excluding hydrogens is 622 g/mol. The van der Waals surface area contributed by atoms with Gasteiger partial charge in [-0.1, -0.05) is 0 Å². The topological polar surface area (TPSA) is 149 Å². The van der Waals surface area contributed by atoms with Crippen molar-refractivity contribution in [2.45, 2.75) is 51.9 Å². The lowest BCUT2D eigenvalue weighted by molar-refractivity contribution is -0.169. The van der Waals surface area contributed by atoms with Crippen LogP contribution >= 0.6 is 0 Å². The Kier molecular flexibility index (Phi) is 31.0. The molecular formula is C32H63NO14. The summed E-state index contributed by atoms with van der Waals surface area (Å²) in [6, 6.07) is 0. The first kappa shape index (κ1) is 43.8. The minimum Gasteiger partial charge on any atom is -0.444 e. The van der Waals surface area contributed by atoms with Gasteiger partial charge < -0.3 is 66.9 Å². The maximum Gasteiger partial charge on any atom is 0.407 e. The highest BCUT2D eigenvalue weighted by Gasteiger charge is 2.15. The molecule has 1 atom stereocenters. The summed E-state index contributed by atoms with van der Waals surface area (Å²) in [6.07, 6.45) is 2.73. The van der Waals surface area contributed by atoms with E-state index in [9.17, 15) is 4.79 Å². The highest BCUT2D eigenvalue weighted by molar-refractivity contribution is 5.67. The van der Waals surface area contributed by atoms with E-state index in [0.29, 0.717) is 145 Å². The standard InChI is InChI=1S/C32H63NO14/c1-32(2,3)47-31(34)33-7-9-35-10-11-36-12-13-37-14-15-38-16-17-39-18-19-40-20-21-41-22-23-42-24-25-43-26-27-44-28-29-46-30-6-4-5-8-45-30/h30H,4-29H2,1-3H3,(H,33,34). The van der Waals surface area contributed by atoms with E-state index in [-0.39, 0.29) is 6.29 Å². The number of rotatable bonds is 34. The third kappa shape index (κ3) is 34.5. The van der Waals surface area contributed by atoms with E-state index < -0.39 is 11.7 Å². The van der Waals surface area contributed by atoms with Crippen molar-refractivity contribution in [2.75, 3.05) is 152 Å². The number of amides is 1. The van der Waals surface area contributed by atoms with Gasteiger partial charge in [0.1, 0.15) is 5.60 Å². The molecule has 1 aliphatic rings. The summed E-state index contributed by atoms with van der Waals surface area (Å²) in [4.78, 5) is 11.5. The van der Waals surface area contributed by atoms with Crippen molar-refractivity contribution in [3.05, 3.63) is 0 Å². The average Bonchev–Trinajstić information content (AvgIpc) is 3.04. The van der Waals surface area contributed by atoms with Crippen molar-refractivity contribution in [3.63, 3.8) is 0 Å². The van der Waals surface area contributed by atoms with Crippen molar-refractivity contribution in [3.8, 4) is 0 Å². The van der Waals surface area contributed by atoms with E-state index in [2.05, 4.69) is 5.32 Å². The fourth-order valence-electron chi connectivity index (χ4n) is 3.70. The molecule has 1 saturated heterocycles. The van der Waals surface area contributed by atoms with Crippen LogP contribution in [0, 0.1) is 0 Å². The zero-order valence-corrected chi connectivity index (χ0v) is 29.2. The lowest BCUT2D eigenvalue weighted by Crippen LogP contribution is -2.34. The van der Waals surface area contributed by atoms with Gasteiger partial charge in [0.25, 0.3) is 0 Å². The number of ether oxygens (including phenoxy) is 13. The molecule has 0 aliphatic carbocycles. The Balaban J connectivity index is 1.62. The number of alkyl carbamates (subject to hydrolysis) is 1. The third-order valence-electron chi connectivity index (χ3n) is 5.93. The highest BCUT2D eigenvalue weighted by Crippen LogP contribution is 2.13. The first-order chi connectivity index (χ1) is 23.0. The lowest BCUT2D eigenvalue weighted by atomic mass is 10.2. The van der Waals surface area contributed by atoms with Gasteiger partial charge in [0.15, 0.2) is 6.29 Å². The van der Waals surface area contributed by atoms with Crippen LogP contribution in [0.15, 0.2) is 0 Å². The fourth-order valence-corrected chi connectivity index (χ4v) is 3.70. The van der Waals surface area contributed by atoms with Gasteiger partial charge in [-0.25, -0.2) is 4.79 Å².